The number of fused-ring (bicyclic) bond motifs is 1. The Balaban J connectivity index is 1.59. The first kappa shape index (κ1) is 18.1. The SMILES string of the molecule is O=C(NCCn1nc2c(cc1=O)CCCC2)c1ccc(C(F)(F)F)nc1. The quantitative estimate of drug-likeness (QED) is 0.898. The molecule has 0 radical (unpaired) electrons. The second-order valence-electron chi connectivity index (χ2n) is 6.07. The summed E-state index contributed by atoms with van der Waals surface area (Å²) in [6.45, 7) is 0.317. The summed E-state index contributed by atoms with van der Waals surface area (Å²) in [5.74, 6) is -0.558. The van der Waals surface area contributed by atoms with E-state index in [1.54, 1.807) is 6.07 Å². The third kappa shape index (κ3) is 4.09. The maximum atomic E-state index is 12.5. The van der Waals surface area contributed by atoms with Crippen LogP contribution in [0.4, 0.5) is 13.2 Å². The lowest BCUT2D eigenvalue weighted by Crippen LogP contribution is -2.33. The topological polar surface area (TPSA) is 76.9 Å². The van der Waals surface area contributed by atoms with E-state index in [1.807, 2.05) is 0 Å². The van der Waals surface area contributed by atoms with E-state index in [9.17, 15) is 22.8 Å². The molecule has 0 fully saturated rings. The molecule has 26 heavy (non-hydrogen) atoms. The first-order chi connectivity index (χ1) is 12.3. The van der Waals surface area contributed by atoms with Gasteiger partial charge in [-0.25, -0.2) is 4.68 Å². The number of carbonyl (C=O) groups is 1. The highest BCUT2D eigenvalue weighted by Crippen LogP contribution is 2.27. The van der Waals surface area contributed by atoms with E-state index in [-0.39, 0.29) is 24.2 Å². The summed E-state index contributed by atoms with van der Waals surface area (Å²) < 4.78 is 38.7. The van der Waals surface area contributed by atoms with Crippen LogP contribution in [0.2, 0.25) is 0 Å². The van der Waals surface area contributed by atoms with Gasteiger partial charge in [0.2, 0.25) is 0 Å². The summed E-state index contributed by atoms with van der Waals surface area (Å²) in [5.41, 5.74) is 0.630. The van der Waals surface area contributed by atoms with Crippen molar-refractivity contribution in [1.29, 1.82) is 0 Å². The van der Waals surface area contributed by atoms with Gasteiger partial charge in [0.25, 0.3) is 11.5 Å². The van der Waals surface area contributed by atoms with Crippen molar-refractivity contribution in [2.45, 2.75) is 38.4 Å². The van der Waals surface area contributed by atoms with Gasteiger partial charge in [-0.15, -0.1) is 0 Å². The van der Waals surface area contributed by atoms with Crippen molar-refractivity contribution in [1.82, 2.24) is 20.1 Å². The molecule has 0 saturated carbocycles. The fourth-order valence-electron chi connectivity index (χ4n) is 2.83. The van der Waals surface area contributed by atoms with E-state index in [4.69, 9.17) is 0 Å². The zero-order chi connectivity index (χ0) is 18.7. The molecule has 9 heteroatoms. The Morgan fingerprint density at radius 2 is 2.00 bits per heavy atom. The zero-order valence-electron chi connectivity index (χ0n) is 13.8. The summed E-state index contributed by atoms with van der Waals surface area (Å²) in [5, 5.41) is 6.89. The van der Waals surface area contributed by atoms with Crippen LogP contribution in [0.25, 0.3) is 0 Å². The van der Waals surface area contributed by atoms with Crippen LogP contribution < -0.4 is 10.9 Å². The molecule has 1 aliphatic carbocycles. The third-order valence-electron chi connectivity index (χ3n) is 4.20. The van der Waals surface area contributed by atoms with Crippen molar-refractivity contribution < 1.29 is 18.0 Å². The fraction of sp³-hybridized carbons (Fsp3) is 0.412. The van der Waals surface area contributed by atoms with Crippen LogP contribution in [0.3, 0.4) is 0 Å². The van der Waals surface area contributed by atoms with Crippen LogP contribution in [-0.4, -0.2) is 27.2 Å². The molecule has 3 rings (SSSR count). The highest BCUT2D eigenvalue weighted by molar-refractivity contribution is 5.93. The van der Waals surface area contributed by atoms with Gasteiger partial charge in [0, 0.05) is 18.8 Å². The van der Waals surface area contributed by atoms with Crippen LogP contribution in [-0.2, 0) is 25.6 Å². The smallest absolute Gasteiger partial charge is 0.350 e. The van der Waals surface area contributed by atoms with E-state index < -0.39 is 17.8 Å². The molecule has 0 unspecified atom stereocenters. The molecule has 1 amide bonds. The molecular weight excluding hydrogens is 349 g/mol. The molecule has 0 bridgehead atoms. The fourth-order valence-corrected chi connectivity index (χ4v) is 2.83. The monoisotopic (exact) mass is 366 g/mol. The van der Waals surface area contributed by atoms with Crippen molar-refractivity contribution in [2.75, 3.05) is 6.54 Å². The number of pyridine rings is 1. The average molecular weight is 366 g/mol. The minimum absolute atomic E-state index is 0.0174. The normalized spacial score (nSPS) is 14.0. The van der Waals surface area contributed by atoms with Crippen molar-refractivity contribution in [3.63, 3.8) is 0 Å². The third-order valence-corrected chi connectivity index (χ3v) is 4.20. The number of alkyl halides is 3. The number of carbonyl (C=O) groups excluding carboxylic acids is 1. The molecule has 2 aromatic heterocycles. The number of aryl methyl sites for hydroxylation is 2. The van der Waals surface area contributed by atoms with Crippen LogP contribution in [0, 0.1) is 0 Å². The second kappa shape index (κ2) is 7.27. The summed E-state index contributed by atoms with van der Waals surface area (Å²) in [6, 6.07) is 3.40. The number of nitrogens with zero attached hydrogens (tertiary/aromatic N) is 3. The van der Waals surface area contributed by atoms with Crippen molar-refractivity contribution in [3.8, 4) is 0 Å². The standard InChI is InChI=1S/C17H17F3N4O2/c18-17(19,20)14-6-5-12(10-22-14)16(26)21-7-8-24-15(25)9-11-3-1-2-4-13(11)23-24/h5-6,9-10H,1-4,7-8H2,(H,21,26). The lowest BCUT2D eigenvalue weighted by Gasteiger charge is -2.16. The molecule has 1 N–H and O–H groups in total. The minimum atomic E-state index is -4.55. The van der Waals surface area contributed by atoms with E-state index in [1.165, 1.54) is 4.68 Å². The Hall–Kier alpha value is -2.71. The van der Waals surface area contributed by atoms with E-state index >= 15 is 0 Å². The van der Waals surface area contributed by atoms with Gasteiger partial charge in [0.1, 0.15) is 5.69 Å². The Kier molecular flexibility index (Phi) is 5.06. The number of nitrogens with one attached hydrogen (secondary N) is 1. The van der Waals surface area contributed by atoms with Gasteiger partial charge in [0.05, 0.1) is 17.8 Å². The molecule has 2 heterocycles. The van der Waals surface area contributed by atoms with Crippen LogP contribution in [0.1, 0.15) is 40.2 Å². The van der Waals surface area contributed by atoms with E-state index in [2.05, 4.69) is 15.4 Å². The van der Waals surface area contributed by atoms with Crippen LogP contribution in [0.5, 0.6) is 0 Å². The number of hydrogen-bond donors (Lipinski definition) is 1. The summed E-state index contributed by atoms with van der Waals surface area (Å²) in [6.07, 6.45) is 0.107. The molecule has 0 aliphatic heterocycles. The lowest BCUT2D eigenvalue weighted by atomic mass is 9.97. The maximum absolute atomic E-state index is 12.5. The van der Waals surface area contributed by atoms with Crippen molar-refractivity contribution in [2.24, 2.45) is 0 Å². The molecule has 6 nitrogen and oxygen atoms in total. The minimum Gasteiger partial charge on any atom is -0.350 e. The van der Waals surface area contributed by atoms with Crippen LogP contribution in [0.15, 0.2) is 29.2 Å². The lowest BCUT2D eigenvalue weighted by molar-refractivity contribution is -0.141. The Morgan fingerprint density at radius 3 is 2.69 bits per heavy atom. The molecule has 1 aliphatic rings. The van der Waals surface area contributed by atoms with Gasteiger partial charge in [0.15, 0.2) is 0 Å². The largest absolute Gasteiger partial charge is 0.433 e. The number of rotatable bonds is 4. The summed E-state index contributed by atoms with van der Waals surface area (Å²) >= 11 is 0. The molecule has 0 atom stereocenters. The highest BCUT2D eigenvalue weighted by Gasteiger charge is 2.32. The van der Waals surface area contributed by atoms with Crippen molar-refractivity contribution in [3.05, 3.63) is 57.3 Å². The molecule has 0 spiro atoms. The first-order valence-corrected chi connectivity index (χ1v) is 8.26. The Labute approximate surface area is 147 Å². The second-order valence-corrected chi connectivity index (χ2v) is 6.07. The highest BCUT2D eigenvalue weighted by atomic mass is 19.4. The zero-order valence-corrected chi connectivity index (χ0v) is 13.8. The van der Waals surface area contributed by atoms with Gasteiger partial charge < -0.3 is 5.32 Å². The number of halogens is 3. The Bertz CT molecular complexity index is 860. The number of hydrogen-bond acceptors (Lipinski definition) is 4. The van der Waals surface area contributed by atoms with E-state index in [0.717, 1.165) is 55.3 Å². The molecular formula is C17H17F3N4O2. The maximum Gasteiger partial charge on any atom is 0.433 e. The Morgan fingerprint density at radius 1 is 1.23 bits per heavy atom. The number of aromatic nitrogens is 3. The van der Waals surface area contributed by atoms with Gasteiger partial charge in [-0.05, 0) is 43.4 Å². The first-order valence-electron chi connectivity index (χ1n) is 8.26. The molecule has 0 aromatic carbocycles. The molecule has 138 valence electrons. The predicted octanol–water partition coefficient (Wildman–Crippen LogP) is 1.97. The van der Waals surface area contributed by atoms with Crippen molar-refractivity contribution >= 4 is 5.91 Å². The molecule has 2 aromatic rings. The molecule has 0 saturated heterocycles. The van der Waals surface area contributed by atoms with Gasteiger partial charge in [-0.2, -0.15) is 18.3 Å². The summed E-state index contributed by atoms with van der Waals surface area (Å²) in [4.78, 5) is 27.3. The van der Waals surface area contributed by atoms with Gasteiger partial charge in [-0.1, -0.05) is 0 Å². The predicted molar refractivity (Wildman–Crippen MR) is 86.7 cm³/mol. The van der Waals surface area contributed by atoms with Gasteiger partial charge >= 0.3 is 6.18 Å². The summed E-state index contributed by atoms with van der Waals surface area (Å²) in [7, 11) is 0. The average Bonchev–Trinajstić information content (AvgIpc) is 2.61. The van der Waals surface area contributed by atoms with E-state index in [0.29, 0.717) is 0 Å². The van der Waals surface area contributed by atoms with Gasteiger partial charge in [-0.3, -0.25) is 14.6 Å². The van der Waals surface area contributed by atoms with Crippen LogP contribution >= 0.6 is 0 Å². The number of amides is 1.